The van der Waals surface area contributed by atoms with E-state index in [9.17, 15) is 4.79 Å². The number of thiophene rings is 1. The van der Waals surface area contributed by atoms with Crippen LogP contribution >= 0.6 is 22.7 Å². The number of aryl methyl sites for hydroxylation is 3. The number of rotatable bonds is 6. The lowest BCUT2D eigenvalue weighted by Gasteiger charge is -2.04. The van der Waals surface area contributed by atoms with Crippen molar-refractivity contribution >= 4 is 28.6 Å². The quantitative estimate of drug-likeness (QED) is 0.889. The molecule has 0 atom stereocenters. The predicted molar refractivity (Wildman–Crippen MR) is 80.9 cm³/mol. The van der Waals surface area contributed by atoms with E-state index in [1.54, 1.807) is 22.7 Å². The average Bonchev–Trinajstić information content (AvgIpc) is 2.97. The average molecular weight is 294 g/mol. The van der Waals surface area contributed by atoms with Crippen LogP contribution in [0.25, 0.3) is 0 Å². The van der Waals surface area contributed by atoms with Gasteiger partial charge in [0.05, 0.1) is 10.7 Å². The fraction of sp³-hybridized carbons (Fsp3) is 0.429. The first-order chi connectivity index (χ1) is 9.15. The summed E-state index contributed by atoms with van der Waals surface area (Å²) in [5, 5.41) is 8.20. The first kappa shape index (κ1) is 14.2. The summed E-state index contributed by atoms with van der Waals surface area (Å²) in [4.78, 5) is 17.4. The van der Waals surface area contributed by atoms with Gasteiger partial charge in [0.15, 0.2) is 0 Å². The van der Waals surface area contributed by atoms with Gasteiger partial charge in [-0.3, -0.25) is 4.79 Å². The number of carbonyl (C=O) groups excluding carboxylic acids is 1. The zero-order chi connectivity index (χ0) is 13.7. The third kappa shape index (κ3) is 4.44. The van der Waals surface area contributed by atoms with Crippen LogP contribution in [0.2, 0.25) is 0 Å². The molecule has 0 radical (unpaired) electrons. The van der Waals surface area contributed by atoms with Crippen LogP contribution in [0.15, 0.2) is 16.8 Å². The standard InChI is InChI=1S/C14H18N2OS2/c1-10-13(19-11(2)16-10)5-7-15-14(17)4-3-12-6-8-18-9-12/h6,8-9H,3-5,7H2,1-2H3,(H,15,17). The number of carbonyl (C=O) groups is 1. The molecule has 19 heavy (non-hydrogen) atoms. The second kappa shape index (κ2) is 6.82. The van der Waals surface area contributed by atoms with E-state index in [0.29, 0.717) is 13.0 Å². The maximum Gasteiger partial charge on any atom is 0.220 e. The lowest BCUT2D eigenvalue weighted by atomic mass is 10.2. The zero-order valence-corrected chi connectivity index (χ0v) is 12.9. The second-order valence-corrected chi connectivity index (χ2v) is 6.54. The molecule has 2 aromatic rings. The van der Waals surface area contributed by atoms with Crippen molar-refractivity contribution in [3.8, 4) is 0 Å². The van der Waals surface area contributed by atoms with Crippen molar-refractivity contribution in [3.63, 3.8) is 0 Å². The van der Waals surface area contributed by atoms with Crippen molar-refractivity contribution in [1.29, 1.82) is 0 Å². The molecule has 0 aliphatic carbocycles. The molecular weight excluding hydrogens is 276 g/mol. The number of hydrogen-bond acceptors (Lipinski definition) is 4. The molecule has 0 bridgehead atoms. The minimum atomic E-state index is 0.130. The van der Waals surface area contributed by atoms with E-state index < -0.39 is 0 Å². The van der Waals surface area contributed by atoms with E-state index in [0.717, 1.165) is 23.5 Å². The maximum atomic E-state index is 11.7. The summed E-state index contributed by atoms with van der Waals surface area (Å²) in [6, 6.07) is 2.07. The Morgan fingerprint density at radius 1 is 1.37 bits per heavy atom. The summed E-state index contributed by atoms with van der Waals surface area (Å²) in [7, 11) is 0. The normalized spacial score (nSPS) is 10.6. The molecule has 0 unspecified atom stereocenters. The van der Waals surface area contributed by atoms with Gasteiger partial charge >= 0.3 is 0 Å². The largest absolute Gasteiger partial charge is 0.356 e. The Bertz CT molecular complexity index is 532. The third-order valence-corrected chi connectivity index (χ3v) is 4.76. The highest BCUT2D eigenvalue weighted by atomic mass is 32.1. The number of nitrogens with zero attached hydrogens (tertiary/aromatic N) is 1. The Hall–Kier alpha value is -1.20. The number of aromatic nitrogens is 1. The van der Waals surface area contributed by atoms with Crippen molar-refractivity contribution in [2.75, 3.05) is 6.54 Å². The van der Waals surface area contributed by atoms with E-state index in [-0.39, 0.29) is 5.91 Å². The van der Waals surface area contributed by atoms with Crippen molar-refractivity contribution in [1.82, 2.24) is 10.3 Å². The van der Waals surface area contributed by atoms with Gasteiger partial charge in [0.25, 0.3) is 0 Å². The topological polar surface area (TPSA) is 42.0 Å². The summed E-state index contributed by atoms with van der Waals surface area (Å²) in [6.45, 7) is 4.74. The molecule has 0 spiro atoms. The van der Waals surface area contributed by atoms with Crippen LogP contribution in [-0.4, -0.2) is 17.4 Å². The van der Waals surface area contributed by atoms with E-state index in [1.165, 1.54) is 10.4 Å². The number of nitrogens with one attached hydrogen (secondary N) is 1. The molecule has 1 amide bonds. The van der Waals surface area contributed by atoms with Gasteiger partial charge in [0.2, 0.25) is 5.91 Å². The molecule has 0 saturated carbocycles. The second-order valence-electron chi connectivity index (χ2n) is 4.47. The Balaban J connectivity index is 1.68. The van der Waals surface area contributed by atoms with E-state index in [2.05, 4.69) is 21.7 Å². The molecular formula is C14H18N2OS2. The summed E-state index contributed by atoms with van der Waals surface area (Å²) in [5.41, 5.74) is 2.34. The molecule has 0 aliphatic heterocycles. The van der Waals surface area contributed by atoms with Crippen molar-refractivity contribution in [2.45, 2.75) is 33.1 Å². The Labute approximate surface area is 121 Å². The van der Waals surface area contributed by atoms with Crippen molar-refractivity contribution in [2.24, 2.45) is 0 Å². The Morgan fingerprint density at radius 3 is 2.84 bits per heavy atom. The van der Waals surface area contributed by atoms with E-state index in [1.807, 2.05) is 19.2 Å². The first-order valence-electron chi connectivity index (χ1n) is 6.36. The summed E-state index contributed by atoms with van der Waals surface area (Å²) < 4.78 is 0. The van der Waals surface area contributed by atoms with Crippen LogP contribution in [0, 0.1) is 13.8 Å². The Morgan fingerprint density at radius 2 is 2.21 bits per heavy atom. The maximum absolute atomic E-state index is 11.7. The fourth-order valence-electron chi connectivity index (χ4n) is 1.90. The predicted octanol–water partition coefficient (Wildman–Crippen LogP) is 3.11. The molecule has 0 saturated heterocycles. The van der Waals surface area contributed by atoms with Crippen molar-refractivity contribution < 1.29 is 4.79 Å². The highest BCUT2D eigenvalue weighted by Crippen LogP contribution is 2.17. The lowest BCUT2D eigenvalue weighted by molar-refractivity contribution is -0.121. The summed E-state index contributed by atoms with van der Waals surface area (Å²) >= 11 is 3.39. The molecule has 0 aliphatic rings. The minimum Gasteiger partial charge on any atom is -0.356 e. The van der Waals surface area contributed by atoms with Crippen molar-refractivity contribution in [3.05, 3.63) is 38.0 Å². The molecule has 102 valence electrons. The highest BCUT2D eigenvalue weighted by molar-refractivity contribution is 7.11. The summed E-state index contributed by atoms with van der Waals surface area (Å²) in [5.74, 6) is 0.130. The highest BCUT2D eigenvalue weighted by Gasteiger charge is 2.06. The number of amides is 1. The Kier molecular flexibility index (Phi) is 5.10. The monoisotopic (exact) mass is 294 g/mol. The van der Waals surface area contributed by atoms with E-state index in [4.69, 9.17) is 0 Å². The molecule has 5 heteroatoms. The van der Waals surface area contributed by atoms with Gasteiger partial charge in [-0.15, -0.1) is 11.3 Å². The van der Waals surface area contributed by atoms with Gasteiger partial charge in [-0.25, -0.2) is 4.98 Å². The molecule has 0 fully saturated rings. The SMILES string of the molecule is Cc1nc(C)c(CCNC(=O)CCc2ccsc2)s1. The number of hydrogen-bond donors (Lipinski definition) is 1. The van der Waals surface area contributed by atoms with Gasteiger partial charge < -0.3 is 5.32 Å². The van der Waals surface area contributed by atoms with Crippen LogP contribution in [-0.2, 0) is 17.6 Å². The number of thiazole rings is 1. The smallest absolute Gasteiger partial charge is 0.220 e. The molecule has 2 rings (SSSR count). The van der Waals surface area contributed by atoms with Crippen LogP contribution in [0.5, 0.6) is 0 Å². The van der Waals surface area contributed by atoms with Gasteiger partial charge in [-0.05, 0) is 42.7 Å². The molecule has 3 nitrogen and oxygen atoms in total. The van der Waals surface area contributed by atoms with Gasteiger partial charge in [0.1, 0.15) is 0 Å². The molecule has 2 heterocycles. The summed E-state index contributed by atoms with van der Waals surface area (Å²) in [6.07, 6.45) is 2.27. The van der Waals surface area contributed by atoms with Gasteiger partial charge in [-0.2, -0.15) is 11.3 Å². The third-order valence-electron chi connectivity index (χ3n) is 2.89. The van der Waals surface area contributed by atoms with Crippen LogP contribution in [0.4, 0.5) is 0 Å². The zero-order valence-electron chi connectivity index (χ0n) is 11.2. The molecule has 0 aromatic carbocycles. The molecule has 1 N–H and O–H groups in total. The van der Waals surface area contributed by atoms with Gasteiger partial charge in [-0.1, -0.05) is 0 Å². The van der Waals surface area contributed by atoms with Crippen LogP contribution < -0.4 is 5.32 Å². The minimum absolute atomic E-state index is 0.130. The van der Waals surface area contributed by atoms with Gasteiger partial charge in [0, 0.05) is 24.3 Å². The fourth-order valence-corrected chi connectivity index (χ4v) is 3.54. The van der Waals surface area contributed by atoms with Crippen LogP contribution in [0.3, 0.4) is 0 Å². The molecule has 2 aromatic heterocycles. The first-order valence-corrected chi connectivity index (χ1v) is 8.12. The van der Waals surface area contributed by atoms with E-state index >= 15 is 0 Å². The van der Waals surface area contributed by atoms with Crippen LogP contribution in [0.1, 0.15) is 27.6 Å². The lowest BCUT2D eigenvalue weighted by Crippen LogP contribution is -2.25.